The molecule has 1 heterocycles. The summed E-state index contributed by atoms with van der Waals surface area (Å²) < 4.78 is 25.2. The van der Waals surface area contributed by atoms with Gasteiger partial charge in [0.25, 0.3) is 5.91 Å². The van der Waals surface area contributed by atoms with Crippen LogP contribution in [-0.4, -0.2) is 30.4 Å². The van der Waals surface area contributed by atoms with Crippen molar-refractivity contribution in [2.75, 3.05) is 6.26 Å². The van der Waals surface area contributed by atoms with Gasteiger partial charge in [-0.15, -0.1) is 0 Å². The molecule has 0 saturated heterocycles. The predicted octanol–water partition coefficient (Wildman–Crippen LogP) is 5.15. The lowest BCUT2D eigenvalue weighted by atomic mass is 10.1. The average molecular weight is 494 g/mol. The standard InChI is InChI=1S/C26H24ClN3O3S/c1-18(20-10-14-23(15-11-20)34(2,32)33)28-26(31)24-17-30(16-19-6-4-3-5-7-19)29-25(24)21-8-12-22(27)13-9-21/h3-15,17-18H,16H2,1-2H3,(H,28,31). The van der Waals surface area contributed by atoms with Crippen LogP contribution in [0.1, 0.15) is 34.5 Å². The molecule has 4 aromatic rings. The monoisotopic (exact) mass is 493 g/mol. The van der Waals surface area contributed by atoms with Crippen molar-refractivity contribution in [1.29, 1.82) is 0 Å². The van der Waals surface area contributed by atoms with Crippen molar-refractivity contribution in [1.82, 2.24) is 15.1 Å². The molecule has 1 amide bonds. The van der Waals surface area contributed by atoms with Crippen LogP contribution in [0.4, 0.5) is 0 Å². The van der Waals surface area contributed by atoms with Gasteiger partial charge in [-0.1, -0.05) is 66.2 Å². The summed E-state index contributed by atoms with van der Waals surface area (Å²) in [6.07, 6.45) is 2.91. The van der Waals surface area contributed by atoms with E-state index >= 15 is 0 Å². The molecule has 1 N–H and O–H groups in total. The van der Waals surface area contributed by atoms with E-state index in [1.54, 1.807) is 47.3 Å². The fraction of sp³-hybridized carbons (Fsp3) is 0.154. The van der Waals surface area contributed by atoms with E-state index in [1.807, 2.05) is 49.4 Å². The molecule has 0 fully saturated rings. The number of hydrogen-bond acceptors (Lipinski definition) is 4. The van der Waals surface area contributed by atoms with Crippen LogP contribution in [-0.2, 0) is 16.4 Å². The van der Waals surface area contributed by atoms with E-state index in [-0.39, 0.29) is 16.8 Å². The van der Waals surface area contributed by atoms with Gasteiger partial charge in [-0.05, 0) is 42.3 Å². The lowest BCUT2D eigenvalue weighted by molar-refractivity contribution is 0.0940. The maximum atomic E-state index is 13.3. The number of aromatic nitrogens is 2. The van der Waals surface area contributed by atoms with Gasteiger partial charge in [0.1, 0.15) is 5.69 Å². The first-order chi connectivity index (χ1) is 16.2. The lowest BCUT2D eigenvalue weighted by Crippen LogP contribution is -2.26. The van der Waals surface area contributed by atoms with Crippen molar-refractivity contribution in [3.63, 3.8) is 0 Å². The van der Waals surface area contributed by atoms with Crippen molar-refractivity contribution in [3.05, 3.63) is 107 Å². The molecule has 4 rings (SSSR count). The molecule has 0 spiro atoms. The minimum atomic E-state index is -3.28. The molecule has 174 valence electrons. The van der Waals surface area contributed by atoms with Crippen LogP contribution in [0.3, 0.4) is 0 Å². The first kappa shape index (κ1) is 23.7. The van der Waals surface area contributed by atoms with Gasteiger partial charge in [-0.2, -0.15) is 5.10 Å². The molecule has 0 aliphatic carbocycles. The molecule has 1 atom stereocenters. The minimum Gasteiger partial charge on any atom is -0.345 e. The van der Waals surface area contributed by atoms with Crippen molar-refractivity contribution < 1.29 is 13.2 Å². The number of sulfone groups is 1. The predicted molar refractivity (Wildman–Crippen MR) is 134 cm³/mol. The second kappa shape index (κ2) is 9.83. The topological polar surface area (TPSA) is 81.1 Å². The van der Waals surface area contributed by atoms with E-state index < -0.39 is 9.84 Å². The van der Waals surface area contributed by atoms with E-state index in [2.05, 4.69) is 5.32 Å². The zero-order valence-electron chi connectivity index (χ0n) is 18.8. The summed E-state index contributed by atoms with van der Waals surface area (Å²) in [4.78, 5) is 13.5. The highest BCUT2D eigenvalue weighted by molar-refractivity contribution is 7.90. The third kappa shape index (κ3) is 5.55. The van der Waals surface area contributed by atoms with Crippen LogP contribution in [0.5, 0.6) is 0 Å². The summed E-state index contributed by atoms with van der Waals surface area (Å²) in [6.45, 7) is 2.38. The Bertz CT molecular complexity index is 1400. The van der Waals surface area contributed by atoms with E-state index in [0.717, 1.165) is 16.7 Å². The second-order valence-electron chi connectivity index (χ2n) is 8.12. The largest absolute Gasteiger partial charge is 0.345 e. The van der Waals surface area contributed by atoms with Gasteiger partial charge in [0.15, 0.2) is 9.84 Å². The van der Waals surface area contributed by atoms with Crippen molar-refractivity contribution in [2.24, 2.45) is 0 Å². The maximum absolute atomic E-state index is 13.3. The quantitative estimate of drug-likeness (QED) is 0.386. The normalized spacial score (nSPS) is 12.3. The Morgan fingerprint density at radius 3 is 2.26 bits per heavy atom. The van der Waals surface area contributed by atoms with Crippen molar-refractivity contribution in [2.45, 2.75) is 24.4 Å². The van der Waals surface area contributed by atoms with Gasteiger partial charge < -0.3 is 5.32 Å². The fourth-order valence-electron chi connectivity index (χ4n) is 3.62. The number of hydrogen-bond donors (Lipinski definition) is 1. The number of rotatable bonds is 7. The molecule has 34 heavy (non-hydrogen) atoms. The molecular formula is C26H24ClN3O3S. The Hall–Kier alpha value is -3.42. The van der Waals surface area contributed by atoms with E-state index in [0.29, 0.717) is 22.8 Å². The third-order valence-electron chi connectivity index (χ3n) is 5.47. The van der Waals surface area contributed by atoms with Gasteiger partial charge in [0.2, 0.25) is 0 Å². The zero-order chi connectivity index (χ0) is 24.3. The molecule has 3 aromatic carbocycles. The number of carbonyl (C=O) groups excluding carboxylic acids is 1. The number of nitrogens with one attached hydrogen (secondary N) is 1. The highest BCUT2D eigenvalue weighted by Gasteiger charge is 2.20. The minimum absolute atomic E-state index is 0.238. The molecule has 0 aliphatic rings. The Balaban J connectivity index is 1.62. The summed E-state index contributed by atoms with van der Waals surface area (Å²) in [5.74, 6) is -0.274. The molecule has 0 bridgehead atoms. The second-order valence-corrected chi connectivity index (χ2v) is 10.6. The third-order valence-corrected chi connectivity index (χ3v) is 6.85. The summed E-state index contributed by atoms with van der Waals surface area (Å²) >= 11 is 6.05. The summed E-state index contributed by atoms with van der Waals surface area (Å²) in [5, 5.41) is 8.29. The molecule has 0 radical (unpaired) electrons. The van der Waals surface area contributed by atoms with Crippen LogP contribution in [0, 0.1) is 0 Å². The summed E-state index contributed by atoms with van der Waals surface area (Å²) in [5.41, 5.74) is 3.65. The van der Waals surface area contributed by atoms with Crippen LogP contribution in [0.2, 0.25) is 5.02 Å². The molecule has 1 aromatic heterocycles. The Labute approximate surface area is 204 Å². The van der Waals surface area contributed by atoms with Gasteiger partial charge in [-0.25, -0.2) is 8.42 Å². The van der Waals surface area contributed by atoms with Crippen LogP contribution in [0.15, 0.2) is 90.0 Å². The molecule has 8 heteroatoms. The number of benzene rings is 3. The van der Waals surface area contributed by atoms with Crippen LogP contribution in [0.25, 0.3) is 11.3 Å². The zero-order valence-corrected chi connectivity index (χ0v) is 20.3. The summed E-state index contributed by atoms with van der Waals surface area (Å²) in [6, 6.07) is 23.3. The Morgan fingerprint density at radius 1 is 1.00 bits per heavy atom. The number of carbonyl (C=O) groups is 1. The molecular weight excluding hydrogens is 470 g/mol. The van der Waals surface area contributed by atoms with E-state index in [4.69, 9.17) is 16.7 Å². The van der Waals surface area contributed by atoms with Crippen LogP contribution >= 0.6 is 11.6 Å². The maximum Gasteiger partial charge on any atom is 0.255 e. The molecule has 1 unspecified atom stereocenters. The lowest BCUT2D eigenvalue weighted by Gasteiger charge is -2.15. The van der Waals surface area contributed by atoms with Crippen molar-refractivity contribution in [3.8, 4) is 11.3 Å². The smallest absolute Gasteiger partial charge is 0.255 e. The number of amides is 1. The average Bonchev–Trinajstić information content (AvgIpc) is 3.23. The highest BCUT2D eigenvalue weighted by Crippen LogP contribution is 2.25. The Kier molecular flexibility index (Phi) is 6.86. The first-order valence-corrected chi connectivity index (χ1v) is 13.0. The number of halogens is 1. The highest BCUT2D eigenvalue weighted by atomic mass is 35.5. The number of nitrogens with zero attached hydrogens (tertiary/aromatic N) is 2. The van der Waals surface area contributed by atoms with Gasteiger partial charge in [0, 0.05) is 23.0 Å². The van der Waals surface area contributed by atoms with Crippen LogP contribution < -0.4 is 5.32 Å². The molecule has 0 aliphatic heterocycles. The SMILES string of the molecule is CC(NC(=O)c1cn(Cc2ccccc2)nc1-c1ccc(Cl)cc1)c1ccc(S(C)(=O)=O)cc1. The summed E-state index contributed by atoms with van der Waals surface area (Å²) in [7, 11) is -3.28. The van der Waals surface area contributed by atoms with Crippen molar-refractivity contribution >= 4 is 27.3 Å². The first-order valence-electron chi connectivity index (χ1n) is 10.7. The Morgan fingerprint density at radius 2 is 1.65 bits per heavy atom. The van der Waals surface area contributed by atoms with Gasteiger partial charge in [0.05, 0.1) is 23.0 Å². The molecule has 6 nitrogen and oxygen atoms in total. The van der Waals surface area contributed by atoms with E-state index in [1.165, 1.54) is 6.26 Å². The van der Waals surface area contributed by atoms with Gasteiger partial charge >= 0.3 is 0 Å². The van der Waals surface area contributed by atoms with Gasteiger partial charge in [-0.3, -0.25) is 9.48 Å². The molecule has 0 saturated carbocycles. The van der Waals surface area contributed by atoms with E-state index in [9.17, 15) is 13.2 Å². The fourth-order valence-corrected chi connectivity index (χ4v) is 4.38.